The van der Waals surface area contributed by atoms with Gasteiger partial charge in [0.15, 0.2) is 0 Å². The van der Waals surface area contributed by atoms with Crippen LogP contribution in [0.4, 0.5) is 5.69 Å². The predicted molar refractivity (Wildman–Crippen MR) is 55.3 cm³/mol. The molecule has 1 aromatic rings. The number of hydrogen-bond donors (Lipinski definition) is 1. The molecule has 2 N–H and O–H groups in total. The van der Waals surface area contributed by atoms with Gasteiger partial charge in [0, 0.05) is 6.54 Å². The normalized spacial score (nSPS) is 15.9. The molecule has 1 aromatic heterocycles. The van der Waals surface area contributed by atoms with E-state index in [0.717, 1.165) is 30.6 Å². The van der Waals surface area contributed by atoms with Crippen molar-refractivity contribution in [1.29, 1.82) is 0 Å². The summed E-state index contributed by atoms with van der Waals surface area (Å²) in [7, 11) is 0. The maximum atomic E-state index is 5.88. The molecule has 0 aromatic carbocycles. The van der Waals surface area contributed by atoms with E-state index in [4.69, 9.17) is 10.5 Å². The van der Waals surface area contributed by atoms with Crippen LogP contribution < -0.4 is 10.5 Å². The quantitative estimate of drug-likeness (QED) is 0.793. The average molecular weight is 195 g/mol. The van der Waals surface area contributed by atoms with E-state index >= 15 is 0 Å². The van der Waals surface area contributed by atoms with E-state index in [1.807, 2.05) is 18.5 Å². The van der Waals surface area contributed by atoms with Gasteiger partial charge in [-0.05, 0) is 32.6 Å². The number of nitrogen functional groups attached to an aromatic ring is 1. The van der Waals surface area contributed by atoms with Crippen molar-refractivity contribution in [3.05, 3.63) is 5.69 Å². The van der Waals surface area contributed by atoms with Crippen LogP contribution in [0.2, 0.25) is 0 Å². The van der Waals surface area contributed by atoms with E-state index in [-0.39, 0.29) is 0 Å². The summed E-state index contributed by atoms with van der Waals surface area (Å²) in [6.07, 6.45) is 2.58. The van der Waals surface area contributed by atoms with Crippen LogP contribution >= 0.6 is 0 Å². The van der Waals surface area contributed by atoms with Crippen LogP contribution in [0.3, 0.4) is 0 Å². The first kappa shape index (κ1) is 9.37. The lowest BCUT2D eigenvalue weighted by Crippen LogP contribution is -2.07. The van der Waals surface area contributed by atoms with Crippen molar-refractivity contribution in [3.8, 4) is 5.88 Å². The van der Waals surface area contributed by atoms with Crippen molar-refractivity contribution < 1.29 is 4.74 Å². The highest BCUT2D eigenvalue weighted by Crippen LogP contribution is 2.31. The van der Waals surface area contributed by atoms with E-state index in [2.05, 4.69) is 5.10 Å². The Morgan fingerprint density at radius 1 is 1.57 bits per heavy atom. The molecule has 2 rings (SSSR count). The van der Waals surface area contributed by atoms with Gasteiger partial charge in [0.05, 0.1) is 12.3 Å². The fourth-order valence-corrected chi connectivity index (χ4v) is 1.42. The molecule has 1 heterocycles. The lowest BCUT2D eigenvalue weighted by atomic mass is 10.4. The predicted octanol–water partition coefficient (Wildman–Crippen LogP) is 1.58. The molecule has 0 amide bonds. The summed E-state index contributed by atoms with van der Waals surface area (Å²) in [4.78, 5) is 0. The largest absolute Gasteiger partial charge is 0.476 e. The van der Waals surface area contributed by atoms with E-state index in [1.54, 1.807) is 0 Å². The summed E-state index contributed by atoms with van der Waals surface area (Å²) in [5.74, 6) is 1.49. The lowest BCUT2D eigenvalue weighted by molar-refractivity contribution is 0.271. The summed E-state index contributed by atoms with van der Waals surface area (Å²) >= 11 is 0. The van der Waals surface area contributed by atoms with Crippen LogP contribution in [0.1, 0.15) is 25.5 Å². The molecular weight excluding hydrogens is 178 g/mol. The van der Waals surface area contributed by atoms with Crippen molar-refractivity contribution in [2.75, 3.05) is 12.3 Å². The van der Waals surface area contributed by atoms with Gasteiger partial charge >= 0.3 is 0 Å². The minimum Gasteiger partial charge on any atom is -0.476 e. The van der Waals surface area contributed by atoms with Crippen molar-refractivity contribution in [2.24, 2.45) is 5.92 Å². The Hall–Kier alpha value is -1.19. The Balaban J connectivity index is 2.11. The third-order valence-corrected chi connectivity index (χ3v) is 2.58. The molecule has 1 aliphatic rings. The zero-order chi connectivity index (χ0) is 10.1. The molecule has 0 spiro atoms. The van der Waals surface area contributed by atoms with Crippen LogP contribution in [-0.4, -0.2) is 16.4 Å². The molecule has 0 atom stereocenters. The van der Waals surface area contributed by atoms with Gasteiger partial charge in [-0.1, -0.05) is 0 Å². The first-order chi connectivity index (χ1) is 6.72. The topological polar surface area (TPSA) is 53.1 Å². The number of anilines is 1. The first-order valence-electron chi connectivity index (χ1n) is 5.18. The van der Waals surface area contributed by atoms with Crippen molar-refractivity contribution in [3.63, 3.8) is 0 Å². The van der Waals surface area contributed by atoms with Gasteiger partial charge in [-0.25, -0.2) is 4.68 Å². The maximum Gasteiger partial charge on any atom is 0.236 e. The van der Waals surface area contributed by atoms with Gasteiger partial charge in [0.2, 0.25) is 5.88 Å². The van der Waals surface area contributed by atoms with Crippen LogP contribution in [0, 0.1) is 12.8 Å². The zero-order valence-electron chi connectivity index (χ0n) is 8.79. The summed E-state index contributed by atoms with van der Waals surface area (Å²) in [6, 6.07) is 0. The molecule has 0 unspecified atom stereocenters. The highest BCUT2D eigenvalue weighted by Gasteiger charge is 2.23. The fourth-order valence-electron chi connectivity index (χ4n) is 1.42. The lowest BCUT2D eigenvalue weighted by Gasteiger charge is -2.07. The second-order valence-electron chi connectivity index (χ2n) is 3.87. The van der Waals surface area contributed by atoms with Crippen LogP contribution in [0.5, 0.6) is 5.88 Å². The SMILES string of the molecule is CCn1nc(C)c(N)c1OCC1CC1. The number of ether oxygens (including phenoxy) is 1. The second kappa shape index (κ2) is 3.52. The van der Waals surface area contributed by atoms with Crippen LogP contribution in [-0.2, 0) is 6.54 Å². The third kappa shape index (κ3) is 1.69. The minimum atomic E-state index is 0.688. The molecule has 0 bridgehead atoms. The molecule has 1 aliphatic carbocycles. The van der Waals surface area contributed by atoms with Crippen molar-refractivity contribution >= 4 is 5.69 Å². The standard InChI is InChI=1S/C10H17N3O/c1-3-13-10(9(11)7(2)12-13)14-6-8-4-5-8/h8H,3-6,11H2,1-2H3. The molecule has 0 radical (unpaired) electrons. The highest BCUT2D eigenvalue weighted by molar-refractivity contribution is 5.52. The molecule has 78 valence electrons. The molecular formula is C10H17N3O. The number of nitrogens with two attached hydrogens (primary N) is 1. The summed E-state index contributed by atoms with van der Waals surface area (Å²) < 4.78 is 7.51. The number of aryl methyl sites for hydroxylation is 2. The Kier molecular flexibility index (Phi) is 2.35. The minimum absolute atomic E-state index is 0.688. The van der Waals surface area contributed by atoms with Crippen molar-refractivity contribution in [1.82, 2.24) is 9.78 Å². The fraction of sp³-hybridized carbons (Fsp3) is 0.700. The molecule has 1 fully saturated rings. The number of rotatable bonds is 4. The maximum absolute atomic E-state index is 5.88. The Bertz CT molecular complexity index is 328. The second-order valence-corrected chi connectivity index (χ2v) is 3.87. The molecule has 4 heteroatoms. The van der Waals surface area contributed by atoms with Gasteiger partial charge in [-0.2, -0.15) is 5.10 Å². The van der Waals surface area contributed by atoms with Gasteiger partial charge in [0.1, 0.15) is 5.69 Å². The Morgan fingerprint density at radius 3 is 2.86 bits per heavy atom. The van der Waals surface area contributed by atoms with Crippen LogP contribution in [0.15, 0.2) is 0 Å². The Labute approximate surface area is 84.0 Å². The average Bonchev–Trinajstić information content (AvgIpc) is 2.95. The monoisotopic (exact) mass is 195 g/mol. The smallest absolute Gasteiger partial charge is 0.236 e. The van der Waals surface area contributed by atoms with Gasteiger partial charge in [-0.3, -0.25) is 0 Å². The van der Waals surface area contributed by atoms with E-state index in [0.29, 0.717) is 5.69 Å². The first-order valence-corrected chi connectivity index (χ1v) is 5.18. The molecule has 4 nitrogen and oxygen atoms in total. The zero-order valence-corrected chi connectivity index (χ0v) is 8.79. The molecule has 14 heavy (non-hydrogen) atoms. The molecule has 1 saturated carbocycles. The van der Waals surface area contributed by atoms with E-state index < -0.39 is 0 Å². The number of nitrogens with zero attached hydrogens (tertiary/aromatic N) is 2. The summed E-state index contributed by atoms with van der Waals surface area (Å²) in [5, 5.41) is 4.29. The summed E-state index contributed by atoms with van der Waals surface area (Å²) in [6.45, 7) is 5.54. The molecule has 0 saturated heterocycles. The number of hydrogen-bond acceptors (Lipinski definition) is 3. The molecule has 0 aliphatic heterocycles. The highest BCUT2D eigenvalue weighted by atomic mass is 16.5. The van der Waals surface area contributed by atoms with Gasteiger partial charge in [-0.15, -0.1) is 0 Å². The van der Waals surface area contributed by atoms with Gasteiger partial charge in [0.25, 0.3) is 0 Å². The van der Waals surface area contributed by atoms with Crippen molar-refractivity contribution in [2.45, 2.75) is 33.2 Å². The van der Waals surface area contributed by atoms with Gasteiger partial charge < -0.3 is 10.5 Å². The Morgan fingerprint density at radius 2 is 2.29 bits per heavy atom. The van der Waals surface area contributed by atoms with E-state index in [9.17, 15) is 0 Å². The van der Waals surface area contributed by atoms with E-state index in [1.165, 1.54) is 12.8 Å². The van der Waals surface area contributed by atoms with Crippen LogP contribution in [0.25, 0.3) is 0 Å². The third-order valence-electron chi connectivity index (χ3n) is 2.58. The summed E-state index contributed by atoms with van der Waals surface area (Å²) in [5.41, 5.74) is 7.42. The number of aromatic nitrogens is 2.